The second-order valence-corrected chi connectivity index (χ2v) is 5.98. The summed E-state index contributed by atoms with van der Waals surface area (Å²) in [6.45, 7) is 0.844. The van der Waals surface area contributed by atoms with E-state index in [1.807, 2.05) is 0 Å². The molecule has 0 aromatic heterocycles. The Morgan fingerprint density at radius 3 is 2.90 bits per heavy atom. The Bertz CT molecular complexity index is 449. The third-order valence-electron chi connectivity index (χ3n) is 3.42. The summed E-state index contributed by atoms with van der Waals surface area (Å²) in [6, 6.07) is 0. The van der Waals surface area contributed by atoms with Crippen LogP contribution in [0.25, 0.3) is 0 Å². The third-order valence-corrected chi connectivity index (χ3v) is 4.67. The number of nitrogens with zero attached hydrogens (tertiary/aromatic N) is 1. The number of thioether (sulfide) groups is 1. The summed E-state index contributed by atoms with van der Waals surface area (Å²) in [4.78, 5) is 24.4. The van der Waals surface area contributed by atoms with E-state index in [0.717, 1.165) is 19.3 Å². The number of hydrogen-bond acceptors (Lipinski definition) is 6. The molecule has 3 aliphatic rings. The minimum Gasteiger partial charge on any atom is -0.543 e. The SMILES string of the molecule is O=C([O-])C1=C(COC2CCCCO2)S[C@H]2CC(=O)N12.[Na+]. The predicted octanol–water partition coefficient (Wildman–Crippen LogP) is -3.20. The van der Waals surface area contributed by atoms with Gasteiger partial charge in [-0.2, -0.15) is 0 Å². The van der Waals surface area contributed by atoms with Gasteiger partial charge in [0.25, 0.3) is 0 Å². The van der Waals surface area contributed by atoms with Gasteiger partial charge in [-0.1, -0.05) is 11.8 Å². The van der Waals surface area contributed by atoms with Gasteiger partial charge in [-0.05, 0) is 19.3 Å². The van der Waals surface area contributed by atoms with Crippen molar-refractivity contribution in [2.45, 2.75) is 37.3 Å². The fraction of sp³-hybridized carbons (Fsp3) is 0.667. The summed E-state index contributed by atoms with van der Waals surface area (Å²) in [5.41, 5.74) is -0.0259. The summed E-state index contributed by atoms with van der Waals surface area (Å²) in [5.74, 6) is -1.48. The number of fused-ring (bicyclic) bond motifs is 1. The van der Waals surface area contributed by atoms with Gasteiger partial charge in [-0.3, -0.25) is 9.69 Å². The van der Waals surface area contributed by atoms with E-state index in [2.05, 4.69) is 0 Å². The molecule has 0 bridgehead atoms. The van der Waals surface area contributed by atoms with E-state index in [4.69, 9.17) is 9.47 Å². The smallest absolute Gasteiger partial charge is 0.543 e. The maximum absolute atomic E-state index is 11.4. The van der Waals surface area contributed by atoms with Crippen LogP contribution in [0.1, 0.15) is 25.7 Å². The number of carboxylic acid groups (broad SMARTS) is 1. The van der Waals surface area contributed by atoms with E-state index in [-0.39, 0.29) is 59.4 Å². The Morgan fingerprint density at radius 1 is 1.50 bits per heavy atom. The van der Waals surface area contributed by atoms with Crippen LogP contribution in [0.3, 0.4) is 0 Å². The molecule has 2 fully saturated rings. The van der Waals surface area contributed by atoms with Crippen LogP contribution in [0, 0.1) is 0 Å². The second kappa shape index (κ2) is 6.81. The van der Waals surface area contributed by atoms with Crippen molar-refractivity contribution in [2.75, 3.05) is 13.2 Å². The molecule has 1 unspecified atom stereocenters. The fourth-order valence-electron chi connectivity index (χ4n) is 2.43. The van der Waals surface area contributed by atoms with Crippen LogP contribution in [0.15, 0.2) is 10.6 Å². The first-order chi connectivity index (χ1) is 9.16. The van der Waals surface area contributed by atoms with E-state index < -0.39 is 5.97 Å². The largest absolute Gasteiger partial charge is 1.00 e. The minimum atomic E-state index is -1.31. The van der Waals surface area contributed by atoms with E-state index in [1.54, 1.807) is 0 Å². The number of rotatable bonds is 4. The average Bonchev–Trinajstić information content (AvgIpc) is 2.70. The number of carboxylic acids is 1. The Labute approximate surface area is 143 Å². The van der Waals surface area contributed by atoms with Crippen LogP contribution >= 0.6 is 11.8 Å². The Hall–Kier alpha value is -0.0500. The normalized spacial score (nSPS) is 28.8. The van der Waals surface area contributed by atoms with Crippen molar-refractivity contribution < 1.29 is 53.7 Å². The molecule has 0 spiro atoms. The molecular formula is C12H14NNaO5S. The van der Waals surface area contributed by atoms with Crippen molar-refractivity contribution in [2.24, 2.45) is 0 Å². The number of amides is 1. The molecule has 20 heavy (non-hydrogen) atoms. The van der Waals surface area contributed by atoms with Gasteiger partial charge in [-0.15, -0.1) is 0 Å². The molecule has 2 atom stereocenters. The van der Waals surface area contributed by atoms with Crippen molar-refractivity contribution in [3.8, 4) is 0 Å². The van der Waals surface area contributed by atoms with Crippen molar-refractivity contribution in [1.82, 2.24) is 4.90 Å². The first-order valence-electron chi connectivity index (χ1n) is 6.33. The molecule has 104 valence electrons. The van der Waals surface area contributed by atoms with Crippen molar-refractivity contribution in [3.63, 3.8) is 0 Å². The van der Waals surface area contributed by atoms with Crippen LogP contribution in [0.2, 0.25) is 0 Å². The number of carbonyl (C=O) groups is 2. The number of ether oxygens (including phenoxy) is 2. The molecule has 8 heteroatoms. The predicted molar refractivity (Wildman–Crippen MR) is 64.4 cm³/mol. The Morgan fingerprint density at radius 2 is 2.30 bits per heavy atom. The van der Waals surface area contributed by atoms with Crippen molar-refractivity contribution in [1.29, 1.82) is 0 Å². The fourth-order valence-corrected chi connectivity index (χ4v) is 3.74. The quantitative estimate of drug-likeness (QED) is 0.402. The molecule has 0 aromatic carbocycles. The molecule has 0 saturated carbocycles. The van der Waals surface area contributed by atoms with Crippen LogP contribution in [0.4, 0.5) is 0 Å². The average molecular weight is 307 g/mol. The van der Waals surface area contributed by atoms with Gasteiger partial charge in [0.05, 0.1) is 30.1 Å². The topological polar surface area (TPSA) is 78.9 Å². The van der Waals surface area contributed by atoms with E-state index in [9.17, 15) is 14.7 Å². The Kier molecular flexibility index (Phi) is 5.56. The maximum atomic E-state index is 11.4. The van der Waals surface area contributed by atoms with Gasteiger partial charge in [-0.25, -0.2) is 0 Å². The molecule has 3 rings (SSSR count). The number of β-lactam (4-membered cyclic amide) rings is 1. The van der Waals surface area contributed by atoms with Crippen LogP contribution in [0.5, 0.6) is 0 Å². The molecule has 6 nitrogen and oxygen atoms in total. The summed E-state index contributed by atoms with van der Waals surface area (Å²) >= 11 is 1.37. The molecule has 0 radical (unpaired) electrons. The summed E-state index contributed by atoms with van der Waals surface area (Å²) in [6.07, 6.45) is 3.02. The molecule has 2 saturated heterocycles. The van der Waals surface area contributed by atoms with Crippen LogP contribution in [-0.4, -0.2) is 41.7 Å². The van der Waals surface area contributed by atoms with Gasteiger partial charge in [0.2, 0.25) is 5.91 Å². The van der Waals surface area contributed by atoms with E-state index in [0.29, 0.717) is 17.9 Å². The summed E-state index contributed by atoms with van der Waals surface area (Å²) < 4.78 is 11.0. The van der Waals surface area contributed by atoms with Crippen LogP contribution in [-0.2, 0) is 19.1 Å². The zero-order chi connectivity index (χ0) is 13.4. The Balaban J connectivity index is 0.00000147. The number of carbonyl (C=O) groups excluding carboxylic acids is 2. The zero-order valence-corrected chi connectivity index (χ0v) is 14.1. The van der Waals surface area contributed by atoms with Gasteiger partial charge in [0.15, 0.2) is 6.29 Å². The van der Waals surface area contributed by atoms with Crippen molar-refractivity contribution in [3.05, 3.63) is 10.6 Å². The zero-order valence-electron chi connectivity index (χ0n) is 11.3. The van der Waals surface area contributed by atoms with E-state index in [1.165, 1.54) is 16.7 Å². The van der Waals surface area contributed by atoms with Gasteiger partial charge in [0.1, 0.15) is 0 Å². The van der Waals surface area contributed by atoms with Crippen molar-refractivity contribution >= 4 is 23.6 Å². The first-order valence-corrected chi connectivity index (χ1v) is 7.21. The second-order valence-electron chi connectivity index (χ2n) is 4.71. The standard InChI is InChI=1S/C12H15NO5S.Na/c14-8-5-9-13(8)11(12(15)16)7(19-9)6-18-10-3-1-2-4-17-10;/h9-10H,1-6H2,(H,15,16);/q;+1/p-1/t9-,10?;/m0./s1. The van der Waals surface area contributed by atoms with Gasteiger partial charge < -0.3 is 19.4 Å². The number of hydrogen-bond donors (Lipinski definition) is 0. The van der Waals surface area contributed by atoms with Crippen LogP contribution < -0.4 is 34.7 Å². The number of aliphatic carboxylic acids is 1. The monoisotopic (exact) mass is 307 g/mol. The van der Waals surface area contributed by atoms with E-state index >= 15 is 0 Å². The molecular weight excluding hydrogens is 293 g/mol. The first kappa shape index (κ1) is 16.3. The molecule has 0 aromatic rings. The minimum absolute atomic E-state index is 0. The molecule has 3 heterocycles. The molecule has 1 amide bonds. The molecule has 0 N–H and O–H groups in total. The third kappa shape index (κ3) is 3.08. The molecule has 3 aliphatic heterocycles. The van der Waals surface area contributed by atoms with Gasteiger partial charge in [0, 0.05) is 11.5 Å². The van der Waals surface area contributed by atoms with Gasteiger partial charge >= 0.3 is 29.6 Å². The summed E-state index contributed by atoms with van der Waals surface area (Å²) in [7, 11) is 0. The molecule has 0 aliphatic carbocycles. The maximum Gasteiger partial charge on any atom is 1.00 e. The summed E-state index contributed by atoms with van der Waals surface area (Å²) in [5, 5.41) is 11.0.